The van der Waals surface area contributed by atoms with Crippen LogP contribution < -0.4 is 16.4 Å². The molecule has 0 bridgehead atoms. The van der Waals surface area contributed by atoms with Crippen molar-refractivity contribution in [2.45, 2.75) is 58.0 Å². The van der Waals surface area contributed by atoms with Gasteiger partial charge in [-0.2, -0.15) is 10.2 Å². The predicted octanol–water partition coefficient (Wildman–Crippen LogP) is 0.909. The van der Waals surface area contributed by atoms with E-state index in [4.69, 9.17) is 0 Å². The Morgan fingerprint density at radius 3 is 2.67 bits per heavy atom. The van der Waals surface area contributed by atoms with Gasteiger partial charge in [-0.1, -0.05) is 27.2 Å². The van der Waals surface area contributed by atoms with Crippen LogP contribution in [0.15, 0.2) is 33.9 Å². The van der Waals surface area contributed by atoms with E-state index in [2.05, 4.69) is 46.3 Å². The van der Waals surface area contributed by atoms with Crippen molar-refractivity contribution < 1.29 is 4.79 Å². The molecule has 1 amide bonds. The Morgan fingerprint density at radius 2 is 1.97 bits per heavy atom. The van der Waals surface area contributed by atoms with Gasteiger partial charge in [0.05, 0.1) is 12.2 Å². The van der Waals surface area contributed by atoms with E-state index in [1.54, 1.807) is 12.1 Å². The van der Waals surface area contributed by atoms with Gasteiger partial charge >= 0.3 is 0 Å². The molecule has 1 unspecified atom stereocenters. The Labute approximate surface area is 175 Å². The summed E-state index contributed by atoms with van der Waals surface area (Å²) in [5.41, 5.74) is 0.506. The Balaban J connectivity index is 1.61. The van der Waals surface area contributed by atoms with Crippen molar-refractivity contribution in [2.75, 3.05) is 19.6 Å². The molecule has 30 heavy (non-hydrogen) atoms. The molecule has 1 aliphatic heterocycles. The van der Waals surface area contributed by atoms with Crippen molar-refractivity contribution in [1.82, 2.24) is 30.2 Å². The summed E-state index contributed by atoms with van der Waals surface area (Å²) in [7, 11) is 0. The molecule has 9 nitrogen and oxygen atoms in total. The second-order valence-corrected chi connectivity index (χ2v) is 8.73. The summed E-state index contributed by atoms with van der Waals surface area (Å²) in [6.07, 6.45) is 3.17. The number of hydrogen-bond acceptors (Lipinski definition) is 6. The maximum absolute atomic E-state index is 12.3. The second-order valence-electron chi connectivity index (χ2n) is 8.73. The van der Waals surface area contributed by atoms with Crippen molar-refractivity contribution in [3.8, 4) is 0 Å². The average Bonchev–Trinajstić information content (AvgIpc) is 2.71. The lowest BCUT2D eigenvalue weighted by molar-refractivity contribution is 0.0903. The highest BCUT2D eigenvalue weighted by Crippen LogP contribution is 2.19. The van der Waals surface area contributed by atoms with E-state index in [-0.39, 0.29) is 34.2 Å². The van der Waals surface area contributed by atoms with Crippen LogP contribution in [0.25, 0.3) is 0 Å². The maximum Gasteiger partial charge on any atom is 0.271 e. The standard InChI is InChI=1S/C21H30N6O3/c1-21(2,3)17-8-10-19(29)27(25-17)13-12-26-11-5-4-6-15(26)14-22-20(30)16-7-9-18(28)24-23-16/h7-10,15H,4-6,11-14H2,1-3H3,(H,22,30)(H,24,28). The number of carbonyl (C=O) groups excluding carboxylic acids is 1. The lowest BCUT2D eigenvalue weighted by atomic mass is 9.92. The minimum atomic E-state index is -0.343. The Hall–Kier alpha value is -2.81. The maximum atomic E-state index is 12.3. The topological polar surface area (TPSA) is 113 Å². The van der Waals surface area contributed by atoms with Crippen molar-refractivity contribution in [3.05, 3.63) is 56.4 Å². The van der Waals surface area contributed by atoms with Gasteiger partial charge < -0.3 is 5.32 Å². The van der Waals surface area contributed by atoms with Crippen LogP contribution in [-0.4, -0.2) is 56.5 Å². The third kappa shape index (κ3) is 5.63. The van der Waals surface area contributed by atoms with Crippen LogP contribution in [0.3, 0.4) is 0 Å². The molecular formula is C21H30N6O3. The Kier molecular flexibility index (Phi) is 6.81. The largest absolute Gasteiger partial charge is 0.349 e. The molecule has 2 N–H and O–H groups in total. The molecule has 2 aromatic rings. The summed E-state index contributed by atoms with van der Waals surface area (Å²) in [6, 6.07) is 6.26. The summed E-state index contributed by atoms with van der Waals surface area (Å²) in [6.45, 7) is 8.84. The molecule has 0 aromatic carbocycles. The molecule has 1 fully saturated rings. The zero-order valence-electron chi connectivity index (χ0n) is 17.9. The summed E-state index contributed by atoms with van der Waals surface area (Å²) >= 11 is 0. The first kappa shape index (κ1) is 21.9. The molecule has 3 rings (SSSR count). The van der Waals surface area contributed by atoms with Gasteiger partial charge in [-0.15, -0.1) is 0 Å². The van der Waals surface area contributed by atoms with Gasteiger partial charge in [0, 0.05) is 36.7 Å². The average molecular weight is 415 g/mol. The molecule has 1 aliphatic rings. The minimum absolute atomic E-state index is 0.103. The van der Waals surface area contributed by atoms with Crippen molar-refractivity contribution in [1.29, 1.82) is 0 Å². The highest BCUT2D eigenvalue weighted by molar-refractivity contribution is 5.91. The molecule has 0 aliphatic carbocycles. The van der Waals surface area contributed by atoms with Crippen molar-refractivity contribution in [2.24, 2.45) is 0 Å². The van der Waals surface area contributed by atoms with Crippen molar-refractivity contribution in [3.63, 3.8) is 0 Å². The molecule has 0 spiro atoms. The Morgan fingerprint density at radius 1 is 1.17 bits per heavy atom. The third-order valence-electron chi connectivity index (χ3n) is 5.39. The van der Waals surface area contributed by atoms with Crippen LogP contribution in [0.5, 0.6) is 0 Å². The molecule has 0 radical (unpaired) electrons. The fourth-order valence-corrected chi connectivity index (χ4v) is 3.59. The number of carbonyl (C=O) groups is 1. The first-order chi connectivity index (χ1) is 14.2. The van der Waals surface area contributed by atoms with Gasteiger partial charge in [-0.3, -0.25) is 19.3 Å². The van der Waals surface area contributed by atoms with Crippen LogP contribution in [0.4, 0.5) is 0 Å². The summed E-state index contributed by atoms with van der Waals surface area (Å²) < 4.78 is 1.54. The lowest BCUT2D eigenvalue weighted by Gasteiger charge is -2.35. The van der Waals surface area contributed by atoms with E-state index >= 15 is 0 Å². The summed E-state index contributed by atoms with van der Waals surface area (Å²) in [5, 5.41) is 13.5. The van der Waals surface area contributed by atoms with Gasteiger partial charge in [0.25, 0.3) is 17.0 Å². The van der Waals surface area contributed by atoms with Crippen LogP contribution in [0.1, 0.15) is 56.2 Å². The van der Waals surface area contributed by atoms with Gasteiger partial charge in [-0.05, 0) is 31.5 Å². The van der Waals surface area contributed by atoms with E-state index in [0.717, 1.165) is 31.5 Å². The molecule has 0 saturated carbocycles. The number of aromatic nitrogens is 4. The number of nitrogens with zero attached hydrogens (tertiary/aromatic N) is 4. The summed E-state index contributed by atoms with van der Waals surface area (Å²) in [4.78, 5) is 37.9. The monoisotopic (exact) mass is 414 g/mol. The predicted molar refractivity (Wildman–Crippen MR) is 114 cm³/mol. The molecule has 3 heterocycles. The van der Waals surface area contributed by atoms with Crippen LogP contribution in [-0.2, 0) is 12.0 Å². The van der Waals surface area contributed by atoms with Crippen LogP contribution in [0.2, 0.25) is 0 Å². The first-order valence-electron chi connectivity index (χ1n) is 10.4. The van der Waals surface area contributed by atoms with E-state index in [0.29, 0.717) is 19.6 Å². The fourth-order valence-electron chi connectivity index (χ4n) is 3.59. The highest BCUT2D eigenvalue weighted by Gasteiger charge is 2.24. The quantitative estimate of drug-likeness (QED) is 0.726. The van der Waals surface area contributed by atoms with E-state index in [1.165, 1.54) is 16.8 Å². The SMILES string of the molecule is CC(C)(C)c1ccc(=O)n(CCN2CCCCC2CNC(=O)c2ccc(=O)[nH]n2)n1. The number of aromatic amines is 1. The zero-order chi connectivity index (χ0) is 21.7. The normalized spacial score (nSPS) is 17.6. The number of nitrogens with one attached hydrogen (secondary N) is 2. The second kappa shape index (κ2) is 9.34. The number of amides is 1. The summed E-state index contributed by atoms with van der Waals surface area (Å²) in [5.74, 6) is -0.312. The number of H-pyrrole nitrogens is 1. The fraction of sp³-hybridized carbons (Fsp3) is 0.571. The van der Waals surface area contributed by atoms with E-state index < -0.39 is 0 Å². The molecule has 1 saturated heterocycles. The number of piperidine rings is 1. The van der Waals surface area contributed by atoms with E-state index in [9.17, 15) is 14.4 Å². The van der Waals surface area contributed by atoms with E-state index in [1.807, 2.05) is 0 Å². The Bertz CT molecular complexity index is 971. The van der Waals surface area contributed by atoms with Gasteiger partial charge in [0.1, 0.15) is 5.69 Å². The lowest BCUT2D eigenvalue weighted by Crippen LogP contribution is -2.48. The molecule has 9 heteroatoms. The molecule has 2 aromatic heterocycles. The first-order valence-corrected chi connectivity index (χ1v) is 10.4. The smallest absolute Gasteiger partial charge is 0.271 e. The van der Waals surface area contributed by atoms with Crippen LogP contribution in [0, 0.1) is 0 Å². The molecular weight excluding hydrogens is 384 g/mol. The van der Waals surface area contributed by atoms with Gasteiger partial charge in [0.2, 0.25) is 0 Å². The zero-order valence-corrected chi connectivity index (χ0v) is 17.9. The highest BCUT2D eigenvalue weighted by atomic mass is 16.2. The molecule has 1 atom stereocenters. The third-order valence-corrected chi connectivity index (χ3v) is 5.39. The number of likely N-dealkylation sites (tertiary alicyclic amines) is 1. The van der Waals surface area contributed by atoms with Crippen LogP contribution >= 0.6 is 0 Å². The van der Waals surface area contributed by atoms with Crippen molar-refractivity contribution >= 4 is 5.91 Å². The van der Waals surface area contributed by atoms with Gasteiger partial charge in [-0.25, -0.2) is 9.78 Å². The van der Waals surface area contributed by atoms with Gasteiger partial charge in [0.15, 0.2) is 0 Å². The number of hydrogen-bond donors (Lipinski definition) is 2. The minimum Gasteiger partial charge on any atom is -0.349 e. The number of rotatable bonds is 6. The molecule has 162 valence electrons.